The van der Waals surface area contributed by atoms with Crippen LogP contribution < -0.4 is 0 Å². The summed E-state index contributed by atoms with van der Waals surface area (Å²) in [6, 6.07) is 0. The number of carbonyl (C=O) groups excluding carboxylic acids is 2. The van der Waals surface area contributed by atoms with Gasteiger partial charge in [0.25, 0.3) is 0 Å². The first-order valence-corrected chi connectivity index (χ1v) is 7.46. The van der Waals surface area contributed by atoms with Crippen LogP contribution in [0.4, 0.5) is 0 Å². The van der Waals surface area contributed by atoms with E-state index >= 15 is 0 Å². The molecular weight excluding hydrogens is 260 g/mol. The zero-order valence-electron chi connectivity index (χ0n) is 12.0. The van der Waals surface area contributed by atoms with Crippen molar-refractivity contribution in [1.82, 2.24) is 0 Å². The van der Waals surface area contributed by atoms with Crippen molar-refractivity contribution in [3.05, 3.63) is 0 Å². The SMILES string of the molecule is CC(=O)OC(C)OC(=O)C1C2CC3CC1CC(O)(C3)C2. The molecule has 4 aliphatic rings. The number of hydrogen-bond acceptors (Lipinski definition) is 5. The lowest BCUT2D eigenvalue weighted by molar-refractivity contribution is -0.203. The van der Waals surface area contributed by atoms with Gasteiger partial charge in [0, 0.05) is 13.8 Å². The van der Waals surface area contributed by atoms with E-state index in [0.29, 0.717) is 18.8 Å². The van der Waals surface area contributed by atoms with Crippen molar-refractivity contribution in [2.24, 2.45) is 23.7 Å². The highest BCUT2D eigenvalue weighted by Crippen LogP contribution is 2.58. The van der Waals surface area contributed by atoms with Gasteiger partial charge in [-0.2, -0.15) is 0 Å². The third kappa shape index (κ3) is 2.43. The molecule has 3 unspecified atom stereocenters. The zero-order chi connectivity index (χ0) is 14.5. The molecule has 1 N–H and O–H groups in total. The minimum atomic E-state index is -0.833. The number of rotatable bonds is 3. The Morgan fingerprint density at radius 2 is 1.75 bits per heavy atom. The Morgan fingerprint density at radius 1 is 1.15 bits per heavy atom. The third-order valence-electron chi connectivity index (χ3n) is 5.13. The lowest BCUT2D eigenvalue weighted by atomic mass is 9.50. The molecule has 4 rings (SSSR count). The maximum absolute atomic E-state index is 12.3. The molecule has 0 spiro atoms. The Kier molecular flexibility index (Phi) is 3.27. The fourth-order valence-electron chi connectivity index (χ4n) is 4.87. The Labute approximate surface area is 118 Å². The maximum atomic E-state index is 12.3. The summed E-state index contributed by atoms with van der Waals surface area (Å²) in [6.45, 7) is 2.85. The second kappa shape index (κ2) is 4.72. The molecule has 5 heteroatoms. The molecule has 4 bridgehead atoms. The van der Waals surface area contributed by atoms with Crippen LogP contribution in [0.1, 0.15) is 46.0 Å². The number of hydrogen-bond donors (Lipinski definition) is 1. The zero-order valence-corrected chi connectivity index (χ0v) is 12.0. The number of esters is 2. The van der Waals surface area contributed by atoms with E-state index in [-0.39, 0.29) is 23.7 Å². The minimum absolute atomic E-state index is 0.134. The van der Waals surface area contributed by atoms with Crippen LogP contribution in [0.15, 0.2) is 0 Å². The van der Waals surface area contributed by atoms with E-state index in [0.717, 1.165) is 19.3 Å². The molecule has 0 amide bonds. The van der Waals surface area contributed by atoms with E-state index in [4.69, 9.17) is 9.47 Å². The van der Waals surface area contributed by atoms with Gasteiger partial charge in [-0.15, -0.1) is 0 Å². The van der Waals surface area contributed by atoms with Crippen molar-refractivity contribution in [2.45, 2.75) is 57.8 Å². The van der Waals surface area contributed by atoms with Gasteiger partial charge in [0.1, 0.15) is 0 Å². The summed E-state index contributed by atoms with van der Waals surface area (Å²) in [4.78, 5) is 23.2. The van der Waals surface area contributed by atoms with Gasteiger partial charge in [0.05, 0.1) is 11.5 Å². The highest BCUT2D eigenvalue weighted by Gasteiger charge is 2.57. The molecule has 0 aromatic carbocycles. The van der Waals surface area contributed by atoms with Gasteiger partial charge in [-0.3, -0.25) is 9.59 Å². The summed E-state index contributed by atoms with van der Waals surface area (Å²) in [6.07, 6.45) is 3.51. The largest absolute Gasteiger partial charge is 0.426 e. The van der Waals surface area contributed by atoms with Crippen molar-refractivity contribution >= 4 is 11.9 Å². The van der Waals surface area contributed by atoms with Crippen molar-refractivity contribution in [1.29, 1.82) is 0 Å². The van der Waals surface area contributed by atoms with Crippen LogP contribution in [0.3, 0.4) is 0 Å². The monoisotopic (exact) mass is 282 g/mol. The Hall–Kier alpha value is -1.10. The molecule has 4 aliphatic carbocycles. The topological polar surface area (TPSA) is 72.8 Å². The number of ether oxygens (including phenoxy) is 2. The molecule has 0 radical (unpaired) electrons. The molecular formula is C15H22O5. The summed E-state index contributed by atoms with van der Waals surface area (Å²) >= 11 is 0. The van der Waals surface area contributed by atoms with Crippen LogP contribution in [0, 0.1) is 23.7 Å². The van der Waals surface area contributed by atoms with Gasteiger partial charge in [-0.25, -0.2) is 0 Å². The molecule has 4 fully saturated rings. The van der Waals surface area contributed by atoms with Gasteiger partial charge in [0.15, 0.2) is 0 Å². The summed E-state index contributed by atoms with van der Waals surface area (Å²) in [5.74, 6) is 0.157. The lowest BCUT2D eigenvalue weighted by Gasteiger charge is -2.57. The summed E-state index contributed by atoms with van der Waals surface area (Å²) in [7, 11) is 0. The molecule has 0 heterocycles. The Bertz CT molecular complexity index is 416. The number of carbonyl (C=O) groups is 2. The number of aliphatic hydroxyl groups is 1. The van der Waals surface area contributed by atoms with Gasteiger partial charge in [-0.05, 0) is 49.9 Å². The van der Waals surface area contributed by atoms with Gasteiger partial charge >= 0.3 is 11.9 Å². The van der Waals surface area contributed by atoms with Crippen LogP contribution in [0.2, 0.25) is 0 Å². The summed E-state index contributed by atoms with van der Waals surface area (Å²) < 4.78 is 10.1. The fraction of sp³-hybridized carbons (Fsp3) is 0.867. The second-order valence-electron chi connectivity index (χ2n) is 6.83. The van der Waals surface area contributed by atoms with E-state index in [2.05, 4.69) is 0 Å². The molecule has 0 aromatic rings. The quantitative estimate of drug-likeness (QED) is 0.629. The van der Waals surface area contributed by atoms with Gasteiger partial charge < -0.3 is 14.6 Å². The van der Waals surface area contributed by atoms with Crippen LogP contribution in [-0.2, 0) is 19.1 Å². The smallest absolute Gasteiger partial charge is 0.312 e. The molecule has 0 aromatic heterocycles. The van der Waals surface area contributed by atoms with Gasteiger partial charge in [-0.1, -0.05) is 0 Å². The van der Waals surface area contributed by atoms with Gasteiger partial charge in [0.2, 0.25) is 6.29 Å². The van der Waals surface area contributed by atoms with E-state index in [1.807, 2.05) is 0 Å². The summed E-state index contributed by atoms with van der Waals surface area (Å²) in [5, 5.41) is 10.5. The normalized spacial score (nSPS) is 43.1. The predicted molar refractivity (Wildman–Crippen MR) is 69.3 cm³/mol. The first-order valence-electron chi connectivity index (χ1n) is 7.46. The maximum Gasteiger partial charge on any atom is 0.312 e. The van der Waals surface area contributed by atoms with Crippen LogP contribution in [0.25, 0.3) is 0 Å². The standard InChI is InChI=1S/C15H22O5/c1-8(16)19-9(2)20-14(17)13-11-3-10-4-12(13)7-15(18,5-10)6-11/h9-13,18H,3-7H2,1-2H3. The molecule has 4 saturated carbocycles. The molecule has 0 aliphatic heterocycles. The van der Waals surface area contributed by atoms with Crippen molar-refractivity contribution < 1.29 is 24.2 Å². The average molecular weight is 282 g/mol. The van der Waals surface area contributed by atoms with Crippen molar-refractivity contribution in [3.63, 3.8) is 0 Å². The summed E-state index contributed by atoms with van der Waals surface area (Å²) in [5.41, 5.74) is -0.547. The predicted octanol–water partition coefficient (Wildman–Crippen LogP) is 1.63. The fourth-order valence-corrected chi connectivity index (χ4v) is 4.87. The Balaban J connectivity index is 1.66. The van der Waals surface area contributed by atoms with E-state index in [9.17, 15) is 14.7 Å². The van der Waals surface area contributed by atoms with Crippen molar-refractivity contribution in [3.8, 4) is 0 Å². The lowest BCUT2D eigenvalue weighted by Crippen LogP contribution is -2.56. The van der Waals surface area contributed by atoms with Crippen LogP contribution in [0.5, 0.6) is 0 Å². The highest BCUT2D eigenvalue weighted by molar-refractivity contribution is 5.74. The third-order valence-corrected chi connectivity index (χ3v) is 5.13. The molecule has 5 nitrogen and oxygen atoms in total. The Morgan fingerprint density at radius 3 is 2.25 bits per heavy atom. The molecule has 0 saturated heterocycles. The van der Waals surface area contributed by atoms with Crippen LogP contribution in [-0.4, -0.2) is 28.9 Å². The average Bonchev–Trinajstić information content (AvgIpc) is 2.23. The van der Waals surface area contributed by atoms with E-state index < -0.39 is 17.9 Å². The van der Waals surface area contributed by atoms with Crippen LogP contribution >= 0.6 is 0 Å². The highest BCUT2D eigenvalue weighted by atomic mass is 16.7. The van der Waals surface area contributed by atoms with E-state index in [1.165, 1.54) is 6.92 Å². The van der Waals surface area contributed by atoms with Crippen molar-refractivity contribution in [2.75, 3.05) is 0 Å². The first kappa shape index (κ1) is 13.9. The second-order valence-corrected chi connectivity index (χ2v) is 6.83. The molecule has 3 atom stereocenters. The molecule has 20 heavy (non-hydrogen) atoms. The minimum Gasteiger partial charge on any atom is -0.426 e. The first-order chi connectivity index (χ1) is 9.36. The molecule has 112 valence electrons. The van der Waals surface area contributed by atoms with E-state index in [1.54, 1.807) is 6.92 Å².